The third-order valence-electron chi connectivity index (χ3n) is 4.05. The van der Waals surface area contributed by atoms with E-state index >= 15 is 0 Å². The van der Waals surface area contributed by atoms with Crippen LogP contribution in [-0.4, -0.2) is 36.0 Å². The number of hydrogen-bond donors (Lipinski definition) is 0. The fraction of sp³-hybridized carbons (Fsp3) is 0.857. The molecule has 3 atom stereocenters. The fourth-order valence-electron chi connectivity index (χ4n) is 3.16. The third kappa shape index (κ3) is 2.85. The van der Waals surface area contributed by atoms with Gasteiger partial charge in [0.25, 0.3) is 0 Å². The number of amides is 1. The van der Waals surface area contributed by atoms with Gasteiger partial charge in [-0.2, -0.15) is 0 Å². The zero-order valence-corrected chi connectivity index (χ0v) is 11.5. The molecule has 0 aromatic heterocycles. The van der Waals surface area contributed by atoms with Gasteiger partial charge >= 0.3 is 6.09 Å². The molecule has 0 aromatic carbocycles. The summed E-state index contributed by atoms with van der Waals surface area (Å²) in [5, 5.41) is 0. The van der Waals surface area contributed by atoms with Crippen molar-refractivity contribution < 1.29 is 14.3 Å². The second-order valence-electron chi connectivity index (χ2n) is 6.52. The minimum absolute atomic E-state index is 0.139. The Hall–Kier alpha value is -1.06. The van der Waals surface area contributed by atoms with E-state index < -0.39 is 5.60 Å². The summed E-state index contributed by atoms with van der Waals surface area (Å²) in [6, 6.07) is 0. The Kier molecular flexibility index (Phi) is 3.64. The molecule has 4 heteroatoms. The Morgan fingerprint density at radius 1 is 1.28 bits per heavy atom. The second-order valence-corrected chi connectivity index (χ2v) is 6.52. The zero-order chi connectivity index (χ0) is 13.3. The Balaban J connectivity index is 1.96. The molecule has 2 rings (SSSR count). The Labute approximate surface area is 109 Å². The summed E-state index contributed by atoms with van der Waals surface area (Å²) in [4.78, 5) is 24.8. The van der Waals surface area contributed by atoms with Crippen LogP contribution in [0.15, 0.2) is 0 Å². The summed E-state index contributed by atoms with van der Waals surface area (Å²) < 4.78 is 5.39. The van der Waals surface area contributed by atoms with Crippen molar-refractivity contribution in [2.75, 3.05) is 13.1 Å². The highest BCUT2D eigenvalue weighted by Gasteiger charge is 2.41. The molecule has 1 saturated heterocycles. The maximum absolute atomic E-state index is 12.0. The van der Waals surface area contributed by atoms with Gasteiger partial charge < -0.3 is 14.4 Å². The largest absolute Gasteiger partial charge is 0.444 e. The van der Waals surface area contributed by atoms with Crippen molar-refractivity contribution in [2.24, 2.45) is 17.8 Å². The first kappa shape index (κ1) is 13.4. The van der Waals surface area contributed by atoms with Crippen LogP contribution in [0.25, 0.3) is 0 Å². The van der Waals surface area contributed by atoms with E-state index in [4.69, 9.17) is 4.74 Å². The van der Waals surface area contributed by atoms with Gasteiger partial charge in [-0.1, -0.05) is 0 Å². The first-order chi connectivity index (χ1) is 8.40. The molecule has 0 bridgehead atoms. The van der Waals surface area contributed by atoms with Crippen LogP contribution in [0.5, 0.6) is 0 Å². The molecular weight excluding hydrogens is 230 g/mol. The van der Waals surface area contributed by atoms with Gasteiger partial charge in [0.15, 0.2) is 0 Å². The number of ether oxygens (including phenoxy) is 1. The molecule has 0 N–H and O–H groups in total. The van der Waals surface area contributed by atoms with Gasteiger partial charge in [0.05, 0.1) is 0 Å². The van der Waals surface area contributed by atoms with Gasteiger partial charge in [-0.15, -0.1) is 0 Å². The van der Waals surface area contributed by atoms with Crippen molar-refractivity contribution in [3.8, 4) is 0 Å². The molecule has 0 spiro atoms. The first-order valence-corrected chi connectivity index (χ1v) is 6.84. The molecule has 4 nitrogen and oxygen atoms in total. The topological polar surface area (TPSA) is 46.6 Å². The summed E-state index contributed by atoms with van der Waals surface area (Å²) in [5.74, 6) is 1.11. The lowest BCUT2D eigenvalue weighted by Crippen LogP contribution is -2.46. The highest BCUT2D eigenvalue weighted by Crippen LogP contribution is 2.41. The van der Waals surface area contributed by atoms with E-state index in [9.17, 15) is 9.59 Å². The Morgan fingerprint density at radius 3 is 2.61 bits per heavy atom. The summed E-state index contributed by atoms with van der Waals surface area (Å²) in [6.07, 6.45) is 3.96. The number of aldehydes is 1. The standard InChI is InChI=1S/C14H23NO3/c1-14(2,3)18-13(17)15-7-6-10-4-5-11(9-16)12(10)8-15/h9-12H,4-8H2,1-3H3/t10-,11+,12+/m1/s1. The number of fused-ring (bicyclic) bond motifs is 1. The molecule has 0 unspecified atom stereocenters. The van der Waals surface area contributed by atoms with Gasteiger partial charge in [0.1, 0.15) is 11.9 Å². The fourth-order valence-corrected chi connectivity index (χ4v) is 3.16. The summed E-state index contributed by atoms with van der Waals surface area (Å²) in [6.45, 7) is 7.08. The molecule has 2 aliphatic rings. The van der Waals surface area contributed by atoms with Crippen LogP contribution < -0.4 is 0 Å². The van der Waals surface area contributed by atoms with Crippen LogP contribution in [0.4, 0.5) is 4.79 Å². The van der Waals surface area contributed by atoms with Crippen LogP contribution in [0.2, 0.25) is 0 Å². The molecular formula is C14H23NO3. The number of hydrogen-bond acceptors (Lipinski definition) is 3. The van der Waals surface area contributed by atoms with Crippen molar-refractivity contribution in [3.63, 3.8) is 0 Å². The predicted molar refractivity (Wildman–Crippen MR) is 68.2 cm³/mol. The van der Waals surface area contributed by atoms with Crippen LogP contribution in [0.1, 0.15) is 40.0 Å². The quantitative estimate of drug-likeness (QED) is 0.674. The average Bonchev–Trinajstić information content (AvgIpc) is 2.68. The molecule has 102 valence electrons. The van der Waals surface area contributed by atoms with E-state index in [2.05, 4.69) is 0 Å². The van der Waals surface area contributed by atoms with Crippen molar-refractivity contribution in [2.45, 2.75) is 45.6 Å². The number of likely N-dealkylation sites (tertiary alicyclic amines) is 1. The summed E-state index contributed by atoms with van der Waals surface area (Å²) >= 11 is 0. The molecule has 18 heavy (non-hydrogen) atoms. The lowest BCUT2D eigenvalue weighted by molar-refractivity contribution is -0.112. The lowest BCUT2D eigenvalue weighted by atomic mass is 9.84. The Bertz CT molecular complexity index is 334. The average molecular weight is 253 g/mol. The van der Waals surface area contributed by atoms with Crippen LogP contribution in [0.3, 0.4) is 0 Å². The van der Waals surface area contributed by atoms with Gasteiger partial charge in [0, 0.05) is 19.0 Å². The minimum atomic E-state index is -0.451. The maximum atomic E-state index is 12.0. The first-order valence-electron chi connectivity index (χ1n) is 6.84. The monoisotopic (exact) mass is 253 g/mol. The van der Waals surface area contributed by atoms with E-state index in [-0.39, 0.29) is 12.0 Å². The number of nitrogens with zero attached hydrogens (tertiary/aromatic N) is 1. The Morgan fingerprint density at radius 2 is 2.00 bits per heavy atom. The SMILES string of the molecule is CC(C)(C)OC(=O)N1CC[C@H]2CC[C@@H](C=O)[C@H]2C1. The molecule has 1 saturated carbocycles. The van der Waals surface area contributed by atoms with Crippen LogP contribution in [0, 0.1) is 17.8 Å². The van der Waals surface area contributed by atoms with Crippen molar-refractivity contribution >= 4 is 12.4 Å². The number of rotatable bonds is 1. The van der Waals surface area contributed by atoms with Crippen molar-refractivity contribution in [3.05, 3.63) is 0 Å². The third-order valence-corrected chi connectivity index (χ3v) is 4.05. The second kappa shape index (κ2) is 4.90. The van der Waals surface area contributed by atoms with Gasteiger partial charge in [-0.05, 0) is 51.9 Å². The molecule has 1 aliphatic carbocycles. The lowest BCUT2D eigenvalue weighted by Gasteiger charge is -2.37. The highest BCUT2D eigenvalue weighted by molar-refractivity contribution is 5.68. The smallest absolute Gasteiger partial charge is 0.410 e. The normalized spacial score (nSPS) is 31.9. The molecule has 2 fully saturated rings. The van der Waals surface area contributed by atoms with E-state index in [1.54, 1.807) is 4.90 Å². The van der Waals surface area contributed by atoms with E-state index in [1.807, 2.05) is 20.8 Å². The predicted octanol–water partition coefficient (Wildman–Crippen LogP) is 2.47. The van der Waals surface area contributed by atoms with Gasteiger partial charge in [-0.25, -0.2) is 4.79 Å². The van der Waals surface area contributed by atoms with Crippen LogP contribution in [-0.2, 0) is 9.53 Å². The number of carbonyl (C=O) groups is 2. The van der Waals surface area contributed by atoms with Gasteiger partial charge in [0.2, 0.25) is 0 Å². The van der Waals surface area contributed by atoms with Crippen LogP contribution >= 0.6 is 0 Å². The van der Waals surface area contributed by atoms with E-state index in [0.717, 1.165) is 32.1 Å². The molecule has 1 aliphatic heterocycles. The van der Waals surface area contributed by atoms with E-state index in [0.29, 0.717) is 18.4 Å². The summed E-state index contributed by atoms with van der Waals surface area (Å²) in [7, 11) is 0. The van der Waals surface area contributed by atoms with E-state index in [1.165, 1.54) is 0 Å². The number of carbonyl (C=O) groups excluding carboxylic acids is 2. The summed E-state index contributed by atoms with van der Waals surface area (Å²) in [5.41, 5.74) is -0.451. The molecule has 0 aromatic rings. The minimum Gasteiger partial charge on any atom is -0.444 e. The maximum Gasteiger partial charge on any atom is 0.410 e. The number of piperidine rings is 1. The molecule has 1 amide bonds. The van der Waals surface area contributed by atoms with Crippen molar-refractivity contribution in [1.29, 1.82) is 0 Å². The van der Waals surface area contributed by atoms with Crippen molar-refractivity contribution in [1.82, 2.24) is 4.90 Å². The van der Waals surface area contributed by atoms with Gasteiger partial charge in [-0.3, -0.25) is 0 Å². The molecule has 0 radical (unpaired) electrons. The highest BCUT2D eigenvalue weighted by atomic mass is 16.6. The molecule has 1 heterocycles. The zero-order valence-electron chi connectivity index (χ0n) is 11.5.